The van der Waals surface area contributed by atoms with E-state index in [1.807, 2.05) is 36.5 Å². The fourth-order valence-corrected chi connectivity index (χ4v) is 2.20. The van der Waals surface area contributed by atoms with E-state index < -0.39 is 0 Å². The number of pyridine rings is 1. The molecule has 0 aliphatic rings. The minimum atomic E-state index is 0.826. The summed E-state index contributed by atoms with van der Waals surface area (Å²) in [5, 5.41) is 0. The summed E-state index contributed by atoms with van der Waals surface area (Å²) in [5.74, 6) is 0. The molecule has 0 saturated carbocycles. The molecular weight excluding hydrogens is 234 g/mol. The molecule has 2 aromatic rings. The number of benzene rings is 1. The lowest BCUT2D eigenvalue weighted by atomic mass is 10.2. The average molecular weight is 255 g/mol. The van der Waals surface area contributed by atoms with Gasteiger partial charge in [-0.15, -0.1) is 0 Å². The fourth-order valence-electron chi connectivity index (χ4n) is 2.20. The van der Waals surface area contributed by atoms with Gasteiger partial charge in [-0.3, -0.25) is 9.88 Å². The van der Waals surface area contributed by atoms with E-state index >= 15 is 0 Å². The van der Waals surface area contributed by atoms with Gasteiger partial charge in [-0.1, -0.05) is 25.1 Å². The maximum absolute atomic E-state index is 5.83. The Morgan fingerprint density at radius 1 is 1.11 bits per heavy atom. The molecule has 0 fully saturated rings. The van der Waals surface area contributed by atoms with Crippen LogP contribution in [-0.2, 0) is 13.1 Å². The maximum Gasteiger partial charge on any atom is 0.0544 e. The standard InChI is InChI=1S/C16H21N3/c1-2-10-19(13-16-8-3-4-9-18-16)12-14-6-5-7-15(17)11-14/h3-9,11H,2,10,12-13,17H2,1H3. The molecule has 1 aromatic carbocycles. The van der Waals surface area contributed by atoms with Crippen molar-refractivity contribution < 1.29 is 0 Å². The maximum atomic E-state index is 5.83. The van der Waals surface area contributed by atoms with E-state index in [1.165, 1.54) is 5.56 Å². The second-order valence-corrected chi connectivity index (χ2v) is 4.78. The number of rotatable bonds is 6. The third-order valence-electron chi connectivity index (χ3n) is 3.01. The van der Waals surface area contributed by atoms with Crippen LogP contribution >= 0.6 is 0 Å². The molecule has 3 nitrogen and oxygen atoms in total. The molecule has 19 heavy (non-hydrogen) atoms. The van der Waals surface area contributed by atoms with E-state index in [9.17, 15) is 0 Å². The Morgan fingerprint density at radius 2 is 2.00 bits per heavy atom. The highest BCUT2D eigenvalue weighted by Crippen LogP contribution is 2.12. The predicted molar refractivity (Wildman–Crippen MR) is 79.5 cm³/mol. The summed E-state index contributed by atoms with van der Waals surface area (Å²) in [6, 6.07) is 14.2. The van der Waals surface area contributed by atoms with E-state index in [1.54, 1.807) is 0 Å². The Labute approximate surface area is 115 Å². The summed E-state index contributed by atoms with van der Waals surface area (Å²) in [6.07, 6.45) is 2.98. The van der Waals surface area contributed by atoms with Crippen LogP contribution in [0.15, 0.2) is 48.7 Å². The summed E-state index contributed by atoms with van der Waals surface area (Å²) in [4.78, 5) is 6.79. The molecule has 0 radical (unpaired) electrons. The molecule has 1 heterocycles. The molecule has 1 aromatic heterocycles. The Balaban J connectivity index is 2.04. The molecule has 3 heteroatoms. The van der Waals surface area contributed by atoms with Gasteiger partial charge in [0.25, 0.3) is 0 Å². The molecule has 0 unspecified atom stereocenters. The summed E-state index contributed by atoms with van der Waals surface area (Å²) < 4.78 is 0. The Kier molecular flexibility index (Phi) is 4.93. The molecule has 0 atom stereocenters. The highest BCUT2D eigenvalue weighted by molar-refractivity contribution is 5.40. The molecule has 2 N–H and O–H groups in total. The van der Waals surface area contributed by atoms with E-state index in [0.29, 0.717) is 0 Å². The van der Waals surface area contributed by atoms with Gasteiger partial charge in [0, 0.05) is 25.0 Å². The highest BCUT2D eigenvalue weighted by Gasteiger charge is 2.07. The van der Waals surface area contributed by atoms with Gasteiger partial charge in [-0.25, -0.2) is 0 Å². The van der Waals surface area contributed by atoms with Crippen LogP contribution in [0.5, 0.6) is 0 Å². The summed E-state index contributed by atoms with van der Waals surface area (Å²) in [6.45, 7) is 5.05. The van der Waals surface area contributed by atoms with Crippen LogP contribution in [-0.4, -0.2) is 16.4 Å². The summed E-state index contributed by atoms with van der Waals surface area (Å²) >= 11 is 0. The average Bonchev–Trinajstić information content (AvgIpc) is 2.40. The van der Waals surface area contributed by atoms with E-state index in [4.69, 9.17) is 5.73 Å². The number of hydrogen-bond acceptors (Lipinski definition) is 3. The van der Waals surface area contributed by atoms with Crippen molar-refractivity contribution in [2.45, 2.75) is 26.4 Å². The number of hydrogen-bond donors (Lipinski definition) is 1. The largest absolute Gasteiger partial charge is 0.399 e. The van der Waals surface area contributed by atoms with Crippen molar-refractivity contribution in [3.63, 3.8) is 0 Å². The van der Waals surface area contributed by atoms with Gasteiger partial charge in [0.05, 0.1) is 5.69 Å². The quantitative estimate of drug-likeness (QED) is 0.807. The topological polar surface area (TPSA) is 42.1 Å². The number of nitrogen functional groups attached to an aromatic ring is 1. The van der Waals surface area contributed by atoms with Crippen LogP contribution in [0.4, 0.5) is 5.69 Å². The van der Waals surface area contributed by atoms with Gasteiger partial charge >= 0.3 is 0 Å². The summed E-state index contributed by atoms with van der Waals surface area (Å²) in [5.41, 5.74) is 9.02. The van der Waals surface area contributed by atoms with Crippen LogP contribution in [0.1, 0.15) is 24.6 Å². The highest BCUT2D eigenvalue weighted by atomic mass is 15.1. The lowest BCUT2D eigenvalue weighted by Gasteiger charge is -2.21. The second-order valence-electron chi connectivity index (χ2n) is 4.78. The van der Waals surface area contributed by atoms with Crippen molar-refractivity contribution in [2.24, 2.45) is 0 Å². The number of aromatic nitrogens is 1. The molecular formula is C16H21N3. The predicted octanol–water partition coefficient (Wildman–Crippen LogP) is 3.08. The van der Waals surface area contributed by atoms with E-state index in [-0.39, 0.29) is 0 Å². The van der Waals surface area contributed by atoms with Gasteiger partial charge in [0.1, 0.15) is 0 Å². The molecule has 0 spiro atoms. The van der Waals surface area contributed by atoms with Crippen molar-refractivity contribution >= 4 is 5.69 Å². The molecule has 2 rings (SSSR count). The van der Waals surface area contributed by atoms with Gasteiger partial charge in [-0.2, -0.15) is 0 Å². The third kappa shape index (κ3) is 4.38. The Morgan fingerprint density at radius 3 is 2.68 bits per heavy atom. The van der Waals surface area contributed by atoms with Crippen LogP contribution in [0, 0.1) is 0 Å². The third-order valence-corrected chi connectivity index (χ3v) is 3.01. The smallest absolute Gasteiger partial charge is 0.0544 e. The number of anilines is 1. The zero-order chi connectivity index (χ0) is 13.5. The zero-order valence-corrected chi connectivity index (χ0v) is 11.4. The van der Waals surface area contributed by atoms with Gasteiger partial charge in [0.2, 0.25) is 0 Å². The SMILES string of the molecule is CCCN(Cc1cccc(N)c1)Cc1ccccn1. The van der Waals surface area contributed by atoms with Crippen molar-refractivity contribution in [2.75, 3.05) is 12.3 Å². The minimum Gasteiger partial charge on any atom is -0.399 e. The van der Waals surface area contributed by atoms with Crippen molar-refractivity contribution in [3.8, 4) is 0 Å². The Bertz CT molecular complexity index is 496. The molecule has 0 aliphatic heterocycles. The first kappa shape index (κ1) is 13.6. The van der Waals surface area contributed by atoms with Gasteiger partial charge in [0.15, 0.2) is 0 Å². The van der Waals surface area contributed by atoms with Crippen LogP contribution in [0.3, 0.4) is 0 Å². The van der Waals surface area contributed by atoms with E-state index in [0.717, 1.165) is 37.4 Å². The van der Waals surface area contributed by atoms with Gasteiger partial charge < -0.3 is 5.73 Å². The minimum absolute atomic E-state index is 0.826. The molecule has 0 saturated heterocycles. The van der Waals surface area contributed by atoms with Crippen molar-refractivity contribution in [1.82, 2.24) is 9.88 Å². The first-order chi connectivity index (χ1) is 9.28. The zero-order valence-electron chi connectivity index (χ0n) is 11.4. The summed E-state index contributed by atoms with van der Waals surface area (Å²) in [7, 11) is 0. The molecule has 0 bridgehead atoms. The van der Waals surface area contributed by atoms with Crippen molar-refractivity contribution in [1.29, 1.82) is 0 Å². The van der Waals surface area contributed by atoms with E-state index in [2.05, 4.69) is 28.9 Å². The van der Waals surface area contributed by atoms with Gasteiger partial charge in [-0.05, 0) is 42.8 Å². The van der Waals surface area contributed by atoms with Crippen LogP contribution < -0.4 is 5.73 Å². The van der Waals surface area contributed by atoms with Crippen LogP contribution in [0.2, 0.25) is 0 Å². The first-order valence-electron chi connectivity index (χ1n) is 6.74. The normalized spacial score (nSPS) is 10.8. The molecule has 100 valence electrons. The molecule has 0 amide bonds. The lowest BCUT2D eigenvalue weighted by molar-refractivity contribution is 0.254. The number of nitrogens with two attached hydrogens (primary N) is 1. The molecule has 0 aliphatic carbocycles. The first-order valence-corrected chi connectivity index (χ1v) is 6.74. The monoisotopic (exact) mass is 255 g/mol. The second kappa shape index (κ2) is 6.90. The van der Waals surface area contributed by atoms with Crippen LogP contribution in [0.25, 0.3) is 0 Å². The number of nitrogens with zero attached hydrogens (tertiary/aromatic N) is 2. The lowest BCUT2D eigenvalue weighted by Crippen LogP contribution is -2.24. The fraction of sp³-hybridized carbons (Fsp3) is 0.312. The Hall–Kier alpha value is -1.87. The van der Waals surface area contributed by atoms with Crippen molar-refractivity contribution in [3.05, 3.63) is 59.9 Å².